The number of hydrogen-bond donors (Lipinski definition) is 1. The number of hydrogen-bond acceptors (Lipinski definition) is 6. The molecule has 1 amide bonds. The summed E-state index contributed by atoms with van der Waals surface area (Å²) >= 11 is 0. The van der Waals surface area contributed by atoms with E-state index in [2.05, 4.69) is 56.3 Å². The van der Waals surface area contributed by atoms with Crippen LogP contribution < -0.4 is 15.1 Å². The lowest BCUT2D eigenvalue weighted by Crippen LogP contribution is -2.47. The Bertz CT molecular complexity index is 788. The van der Waals surface area contributed by atoms with Crippen molar-refractivity contribution < 1.29 is 9.53 Å². The summed E-state index contributed by atoms with van der Waals surface area (Å²) in [6.07, 6.45) is 0. The van der Waals surface area contributed by atoms with Crippen molar-refractivity contribution in [2.75, 3.05) is 56.2 Å². The van der Waals surface area contributed by atoms with E-state index in [9.17, 15) is 4.79 Å². The van der Waals surface area contributed by atoms with Crippen LogP contribution >= 0.6 is 0 Å². The molecular weight excluding hydrogens is 342 g/mol. The van der Waals surface area contributed by atoms with Crippen molar-refractivity contribution in [1.29, 1.82) is 0 Å². The number of ether oxygens (including phenoxy) is 1. The van der Waals surface area contributed by atoms with Gasteiger partial charge in [0, 0.05) is 51.6 Å². The average Bonchev–Trinajstić information content (AvgIpc) is 2.68. The van der Waals surface area contributed by atoms with Crippen LogP contribution in [0.15, 0.2) is 30.3 Å². The number of aryl methyl sites for hydroxylation is 2. The predicted octanol–water partition coefficient (Wildman–Crippen LogP) is 1.80. The van der Waals surface area contributed by atoms with E-state index in [1.807, 2.05) is 6.92 Å². The summed E-state index contributed by atoms with van der Waals surface area (Å²) in [5.41, 5.74) is 2.92. The predicted molar refractivity (Wildman–Crippen MR) is 107 cm³/mol. The van der Waals surface area contributed by atoms with Gasteiger partial charge in [-0.25, -0.2) is 9.97 Å². The fourth-order valence-corrected chi connectivity index (χ4v) is 3.21. The van der Waals surface area contributed by atoms with E-state index in [0.717, 1.165) is 32.0 Å². The van der Waals surface area contributed by atoms with Crippen molar-refractivity contribution in [3.8, 4) is 0 Å². The molecule has 3 rings (SSSR count). The van der Waals surface area contributed by atoms with Gasteiger partial charge in [-0.2, -0.15) is 0 Å². The van der Waals surface area contributed by atoms with Gasteiger partial charge in [-0.15, -0.1) is 0 Å². The minimum atomic E-state index is -0.197. The normalized spacial score (nSPS) is 14.3. The van der Waals surface area contributed by atoms with Crippen molar-refractivity contribution in [3.63, 3.8) is 0 Å². The molecule has 1 fully saturated rings. The van der Waals surface area contributed by atoms with Crippen LogP contribution in [0.4, 0.5) is 11.5 Å². The maximum Gasteiger partial charge on any atom is 0.270 e. The number of benzene rings is 1. The number of nitrogens with one attached hydrogen (secondary N) is 1. The largest absolute Gasteiger partial charge is 0.383 e. The second-order valence-corrected chi connectivity index (χ2v) is 6.72. The Morgan fingerprint density at radius 3 is 2.56 bits per heavy atom. The van der Waals surface area contributed by atoms with Crippen LogP contribution in [0, 0.1) is 13.8 Å². The maximum absolute atomic E-state index is 12.3. The average molecular weight is 369 g/mol. The van der Waals surface area contributed by atoms with Crippen LogP contribution in [0.3, 0.4) is 0 Å². The molecule has 1 aliphatic rings. The summed E-state index contributed by atoms with van der Waals surface area (Å²) in [5.74, 6) is 1.21. The van der Waals surface area contributed by atoms with Crippen molar-refractivity contribution in [3.05, 3.63) is 47.4 Å². The highest BCUT2D eigenvalue weighted by Gasteiger charge is 2.20. The second kappa shape index (κ2) is 8.81. The Hall–Kier alpha value is -2.67. The summed E-state index contributed by atoms with van der Waals surface area (Å²) in [5, 5.41) is 2.81. The SMILES string of the molecule is COCCNC(=O)c1cc(N2CCN(c3cccc(C)c3)CC2)nc(C)n1. The zero-order valence-electron chi connectivity index (χ0n) is 16.2. The van der Waals surface area contributed by atoms with Gasteiger partial charge >= 0.3 is 0 Å². The van der Waals surface area contributed by atoms with Gasteiger partial charge in [-0.3, -0.25) is 4.79 Å². The van der Waals surface area contributed by atoms with Crippen LogP contribution in [-0.4, -0.2) is 62.3 Å². The first-order chi connectivity index (χ1) is 13.1. The molecule has 1 aromatic carbocycles. The molecule has 0 bridgehead atoms. The molecule has 1 aliphatic heterocycles. The number of piperazine rings is 1. The molecule has 0 atom stereocenters. The number of rotatable bonds is 6. The third-order valence-corrected chi connectivity index (χ3v) is 4.62. The molecule has 0 spiro atoms. The topological polar surface area (TPSA) is 70.6 Å². The first-order valence-electron chi connectivity index (χ1n) is 9.26. The Kier molecular flexibility index (Phi) is 6.24. The van der Waals surface area contributed by atoms with E-state index in [4.69, 9.17) is 4.74 Å². The standard InChI is InChI=1S/C20H27N5O2/c1-15-5-4-6-17(13-15)24-8-10-25(11-9-24)19-14-18(22-16(2)23-19)20(26)21-7-12-27-3/h4-6,13-14H,7-12H2,1-3H3,(H,21,26). The van der Waals surface area contributed by atoms with Gasteiger partial charge < -0.3 is 19.9 Å². The van der Waals surface area contributed by atoms with Crippen LogP contribution in [-0.2, 0) is 4.74 Å². The highest BCUT2D eigenvalue weighted by molar-refractivity contribution is 5.92. The van der Waals surface area contributed by atoms with Gasteiger partial charge in [0.25, 0.3) is 5.91 Å². The number of nitrogens with zero attached hydrogens (tertiary/aromatic N) is 4. The molecule has 144 valence electrons. The molecule has 0 saturated carbocycles. The quantitative estimate of drug-likeness (QED) is 0.783. The fourth-order valence-electron chi connectivity index (χ4n) is 3.21. The fraction of sp³-hybridized carbons (Fsp3) is 0.450. The molecule has 7 heteroatoms. The zero-order valence-corrected chi connectivity index (χ0v) is 16.2. The summed E-state index contributed by atoms with van der Waals surface area (Å²) in [6, 6.07) is 10.4. The molecule has 1 saturated heterocycles. The van der Waals surface area contributed by atoms with Crippen molar-refractivity contribution >= 4 is 17.4 Å². The summed E-state index contributed by atoms with van der Waals surface area (Å²) in [7, 11) is 1.61. The number of carbonyl (C=O) groups excluding carboxylic acids is 1. The summed E-state index contributed by atoms with van der Waals surface area (Å²) in [4.78, 5) is 25.7. The number of carbonyl (C=O) groups is 1. The van der Waals surface area contributed by atoms with E-state index in [-0.39, 0.29) is 5.91 Å². The van der Waals surface area contributed by atoms with Crippen molar-refractivity contribution in [1.82, 2.24) is 15.3 Å². The Morgan fingerprint density at radius 1 is 1.11 bits per heavy atom. The molecule has 1 aromatic heterocycles. The highest BCUT2D eigenvalue weighted by atomic mass is 16.5. The molecule has 2 heterocycles. The van der Waals surface area contributed by atoms with Crippen LogP contribution in [0.2, 0.25) is 0 Å². The van der Waals surface area contributed by atoms with E-state index < -0.39 is 0 Å². The smallest absolute Gasteiger partial charge is 0.270 e. The summed E-state index contributed by atoms with van der Waals surface area (Å²) in [6.45, 7) is 8.42. The van der Waals surface area contributed by atoms with Gasteiger partial charge in [0.1, 0.15) is 17.3 Å². The van der Waals surface area contributed by atoms with Gasteiger partial charge in [-0.05, 0) is 31.5 Å². The monoisotopic (exact) mass is 369 g/mol. The van der Waals surface area contributed by atoms with E-state index in [1.165, 1.54) is 11.3 Å². The van der Waals surface area contributed by atoms with Gasteiger partial charge in [-0.1, -0.05) is 12.1 Å². The zero-order chi connectivity index (χ0) is 19.2. The Balaban J connectivity index is 1.66. The minimum absolute atomic E-state index is 0.197. The lowest BCUT2D eigenvalue weighted by atomic mass is 10.2. The molecule has 0 radical (unpaired) electrons. The molecule has 2 aromatic rings. The van der Waals surface area contributed by atoms with E-state index in [1.54, 1.807) is 13.2 Å². The first-order valence-corrected chi connectivity index (χ1v) is 9.26. The first kappa shape index (κ1) is 19.1. The number of anilines is 2. The van der Waals surface area contributed by atoms with Gasteiger partial charge in [0.05, 0.1) is 6.61 Å². The number of aromatic nitrogens is 2. The molecule has 7 nitrogen and oxygen atoms in total. The lowest BCUT2D eigenvalue weighted by molar-refractivity contribution is 0.0931. The van der Waals surface area contributed by atoms with Crippen molar-refractivity contribution in [2.24, 2.45) is 0 Å². The molecule has 1 N–H and O–H groups in total. The highest BCUT2D eigenvalue weighted by Crippen LogP contribution is 2.20. The molecular formula is C20H27N5O2. The van der Waals surface area contributed by atoms with Crippen LogP contribution in [0.25, 0.3) is 0 Å². The van der Waals surface area contributed by atoms with E-state index in [0.29, 0.717) is 24.7 Å². The van der Waals surface area contributed by atoms with Gasteiger partial charge in [0.2, 0.25) is 0 Å². The second-order valence-electron chi connectivity index (χ2n) is 6.72. The molecule has 0 aliphatic carbocycles. The molecule has 0 unspecified atom stereocenters. The number of methoxy groups -OCH3 is 1. The molecule has 27 heavy (non-hydrogen) atoms. The van der Waals surface area contributed by atoms with Gasteiger partial charge in [0.15, 0.2) is 0 Å². The summed E-state index contributed by atoms with van der Waals surface area (Å²) < 4.78 is 4.96. The third kappa shape index (κ3) is 4.95. The van der Waals surface area contributed by atoms with Crippen LogP contribution in [0.1, 0.15) is 21.9 Å². The minimum Gasteiger partial charge on any atom is -0.383 e. The Morgan fingerprint density at radius 2 is 1.85 bits per heavy atom. The van der Waals surface area contributed by atoms with E-state index >= 15 is 0 Å². The number of amides is 1. The Labute approximate surface area is 160 Å². The maximum atomic E-state index is 12.3. The van der Waals surface area contributed by atoms with Crippen LogP contribution in [0.5, 0.6) is 0 Å². The van der Waals surface area contributed by atoms with Crippen molar-refractivity contribution in [2.45, 2.75) is 13.8 Å². The third-order valence-electron chi connectivity index (χ3n) is 4.62. The lowest BCUT2D eigenvalue weighted by Gasteiger charge is -2.37.